The van der Waals surface area contributed by atoms with Crippen molar-refractivity contribution in [1.82, 2.24) is 19.4 Å². The highest BCUT2D eigenvalue weighted by molar-refractivity contribution is 7.20. The van der Waals surface area contributed by atoms with Crippen molar-refractivity contribution in [3.05, 3.63) is 61.1 Å². The molecule has 1 aliphatic heterocycles. The standard InChI is InChI=1S/C25H30N4O4S/c1-27(2)23(31)20-12-17-22(30)29(25(32)28(3)24(17)34-20)11-10-18-21-14(13-26-18)8-9-15-16(21)6-5-7-19(15)33-4/h5-7,12,14,18,21,26H,8-11,13H2,1-4H3/t14-,18?,21+/m0/s1. The third kappa shape index (κ3) is 3.58. The number of nitrogens with zero attached hydrogens (tertiary/aromatic N) is 3. The first-order valence-corrected chi connectivity index (χ1v) is 12.5. The van der Waals surface area contributed by atoms with Crippen LogP contribution in [0.25, 0.3) is 10.2 Å². The molecule has 0 spiro atoms. The second-order valence-corrected chi connectivity index (χ2v) is 10.5. The molecular formula is C25H30N4O4S. The van der Waals surface area contributed by atoms with Crippen LogP contribution in [0.3, 0.4) is 0 Å². The quantitative estimate of drug-likeness (QED) is 0.603. The molecule has 9 heteroatoms. The first-order valence-electron chi connectivity index (χ1n) is 11.7. The third-order valence-electron chi connectivity index (χ3n) is 7.39. The summed E-state index contributed by atoms with van der Waals surface area (Å²) in [6.07, 6.45) is 2.79. The van der Waals surface area contributed by atoms with Crippen LogP contribution in [0, 0.1) is 5.92 Å². The number of aromatic nitrogens is 2. The van der Waals surface area contributed by atoms with Crippen molar-refractivity contribution in [3.8, 4) is 5.75 Å². The summed E-state index contributed by atoms with van der Waals surface area (Å²) < 4.78 is 8.42. The van der Waals surface area contributed by atoms with Crippen LogP contribution in [0.15, 0.2) is 33.9 Å². The molecule has 1 aromatic carbocycles. The van der Waals surface area contributed by atoms with E-state index in [1.54, 1.807) is 34.3 Å². The molecule has 8 nitrogen and oxygen atoms in total. The molecule has 0 saturated carbocycles. The predicted molar refractivity (Wildman–Crippen MR) is 133 cm³/mol. The van der Waals surface area contributed by atoms with Gasteiger partial charge in [0.25, 0.3) is 11.5 Å². The number of rotatable bonds is 5. The lowest BCUT2D eigenvalue weighted by atomic mass is 9.73. The maximum absolute atomic E-state index is 13.3. The molecule has 180 valence electrons. The zero-order chi connectivity index (χ0) is 24.1. The van der Waals surface area contributed by atoms with Crippen LogP contribution in [-0.2, 0) is 20.0 Å². The summed E-state index contributed by atoms with van der Waals surface area (Å²) in [4.78, 5) is 41.2. The number of aryl methyl sites for hydroxylation is 1. The van der Waals surface area contributed by atoms with Crippen LogP contribution in [-0.4, -0.2) is 53.7 Å². The van der Waals surface area contributed by atoms with Gasteiger partial charge < -0.3 is 15.0 Å². The number of carbonyl (C=O) groups is 1. The van der Waals surface area contributed by atoms with E-state index in [0.717, 1.165) is 25.1 Å². The molecule has 2 aliphatic rings. The largest absolute Gasteiger partial charge is 0.496 e. The minimum Gasteiger partial charge on any atom is -0.496 e. The first kappa shape index (κ1) is 22.9. The Hall–Kier alpha value is -2.91. The molecule has 2 aromatic heterocycles. The molecule has 3 aromatic rings. The Balaban J connectivity index is 1.46. The molecule has 1 aliphatic carbocycles. The molecule has 1 amide bonds. The average molecular weight is 483 g/mol. The van der Waals surface area contributed by atoms with Gasteiger partial charge in [0.2, 0.25) is 0 Å². The van der Waals surface area contributed by atoms with Gasteiger partial charge in [-0.15, -0.1) is 11.3 Å². The number of nitrogens with one attached hydrogen (secondary N) is 1. The Morgan fingerprint density at radius 3 is 2.82 bits per heavy atom. The van der Waals surface area contributed by atoms with E-state index in [-0.39, 0.29) is 23.2 Å². The molecule has 1 saturated heterocycles. The van der Waals surface area contributed by atoms with Crippen molar-refractivity contribution in [1.29, 1.82) is 0 Å². The van der Waals surface area contributed by atoms with E-state index >= 15 is 0 Å². The highest BCUT2D eigenvalue weighted by atomic mass is 32.1. The van der Waals surface area contributed by atoms with E-state index in [9.17, 15) is 14.4 Å². The smallest absolute Gasteiger partial charge is 0.331 e. The second kappa shape index (κ2) is 8.70. The highest BCUT2D eigenvalue weighted by Crippen LogP contribution is 2.45. The number of hydrogen-bond acceptors (Lipinski definition) is 6. The van der Waals surface area contributed by atoms with Gasteiger partial charge in [-0.1, -0.05) is 12.1 Å². The van der Waals surface area contributed by atoms with Crippen molar-refractivity contribution >= 4 is 27.5 Å². The van der Waals surface area contributed by atoms with Crippen molar-refractivity contribution in [2.75, 3.05) is 27.7 Å². The number of amides is 1. The van der Waals surface area contributed by atoms with E-state index in [2.05, 4.69) is 11.4 Å². The van der Waals surface area contributed by atoms with Crippen LogP contribution in [0.4, 0.5) is 0 Å². The maximum atomic E-state index is 13.3. The van der Waals surface area contributed by atoms with Crippen LogP contribution in [0.1, 0.15) is 39.6 Å². The van der Waals surface area contributed by atoms with Crippen LogP contribution < -0.4 is 21.3 Å². The number of ether oxygens (including phenoxy) is 1. The van der Waals surface area contributed by atoms with Crippen LogP contribution >= 0.6 is 11.3 Å². The molecule has 3 heterocycles. The minimum atomic E-state index is -0.344. The molecular weight excluding hydrogens is 452 g/mol. The monoisotopic (exact) mass is 482 g/mol. The SMILES string of the molecule is COc1cccc2c1CC[C@H]1CNC(CCn3c(=O)c4cc(C(=O)N(C)C)sc4n(C)c3=O)[C@@H]21. The van der Waals surface area contributed by atoms with Gasteiger partial charge >= 0.3 is 5.69 Å². The van der Waals surface area contributed by atoms with E-state index in [0.29, 0.717) is 39.9 Å². The van der Waals surface area contributed by atoms with Gasteiger partial charge in [0.15, 0.2) is 0 Å². The summed E-state index contributed by atoms with van der Waals surface area (Å²) >= 11 is 1.19. The van der Waals surface area contributed by atoms with E-state index in [4.69, 9.17) is 4.74 Å². The molecule has 5 rings (SSSR count). The van der Waals surface area contributed by atoms with E-state index in [1.807, 2.05) is 12.1 Å². The summed E-state index contributed by atoms with van der Waals surface area (Å²) in [7, 11) is 6.72. The lowest BCUT2D eigenvalue weighted by Crippen LogP contribution is -2.40. The predicted octanol–water partition coefficient (Wildman–Crippen LogP) is 2.18. The maximum Gasteiger partial charge on any atom is 0.331 e. The van der Waals surface area contributed by atoms with Gasteiger partial charge in [-0.2, -0.15) is 0 Å². The summed E-state index contributed by atoms with van der Waals surface area (Å²) in [6.45, 7) is 1.27. The zero-order valence-corrected chi connectivity index (χ0v) is 20.8. The van der Waals surface area contributed by atoms with Crippen molar-refractivity contribution in [2.24, 2.45) is 13.0 Å². The number of hydrogen-bond donors (Lipinski definition) is 1. The van der Waals surface area contributed by atoms with E-state index in [1.165, 1.54) is 36.5 Å². The summed E-state index contributed by atoms with van der Waals surface area (Å²) in [6, 6.07) is 8.06. The Morgan fingerprint density at radius 1 is 1.29 bits per heavy atom. The topological polar surface area (TPSA) is 85.6 Å². The number of methoxy groups -OCH3 is 1. The van der Waals surface area contributed by atoms with Gasteiger partial charge in [-0.3, -0.25) is 18.7 Å². The summed E-state index contributed by atoms with van der Waals surface area (Å²) in [5, 5.41) is 4.08. The average Bonchev–Trinajstić information content (AvgIpc) is 3.47. The highest BCUT2D eigenvalue weighted by Gasteiger charge is 2.40. The molecule has 1 unspecified atom stereocenters. The zero-order valence-electron chi connectivity index (χ0n) is 20.0. The molecule has 1 fully saturated rings. The fourth-order valence-corrected chi connectivity index (χ4v) is 6.80. The van der Waals surface area contributed by atoms with Crippen molar-refractivity contribution in [3.63, 3.8) is 0 Å². The van der Waals surface area contributed by atoms with Gasteiger partial charge in [-0.05, 0) is 55.0 Å². The molecule has 3 atom stereocenters. The number of fused-ring (bicyclic) bond motifs is 4. The van der Waals surface area contributed by atoms with Gasteiger partial charge in [0.05, 0.1) is 17.4 Å². The van der Waals surface area contributed by atoms with Crippen LogP contribution in [0.2, 0.25) is 0 Å². The van der Waals surface area contributed by atoms with Crippen LogP contribution in [0.5, 0.6) is 5.75 Å². The van der Waals surface area contributed by atoms with Gasteiger partial charge in [0, 0.05) is 39.6 Å². The van der Waals surface area contributed by atoms with Gasteiger partial charge in [0.1, 0.15) is 10.6 Å². The Kier molecular flexibility index (Phi) is 5.85. The number of thiophene rings is 1. The number of benzene rings is 1. The van der Waals surface area contributed by atoms with Crippen molar-refractivity contribution < 1.29 is 9.53 Å². The molecule has 1 N–H and O–H groups in total. The lowest BCUT2D eigenvalue weighted by molar-refractivity contribution is 0.0832. The Labute approximate surface area is 201 Å². The van der Waals surface area contributed by atoms with Crippen molar-refractivity contribution in [2.45, 2.75) is 37.8 Å². The number of carbonyl (C=O) groups excluding carboxylic acids is 1. The minimum absolute atomic E-state index is 0.174. The normalized spacial score (nSPS) is 21.4. The molecule has 0 bridgehead atoms. The van der Waals surface area contributed by atoms with E-state index < -0.39 is 0 Å². The molecule has 0 radical (unpaired) electrons. The lowest BCUT2D eigenvalue weighted by Gasteiger charge is -2.32. The Morgan fingerprint density at radius 2 is 2.09 bits per heavy atom. The first-order chi connectivity index (χ1) is 16.3. The fraction of sp³-hybridized carbons (Fsp3) is 0.480. The third-order valence-corrected chi connectivity index (χ3v) is 8.59. The fourth-order valence-electron chi connectivity index (χ4n) is 5.68. The summed E-state index contributed by atoms with van der Waals surface area (Å²) in [5.41, 5.74) is 1.94. The molecule has 34 heavy (non-hydrogen) atoms. The Bertz CT molecular complexity index is 1390. The summed E-state index contributed by atoms with van der Waals surface area (Å²) in [5.74, 6) is 1.65. The second-order valence-electron chi connectivity index (χ2n) is 9.48. The van der Waals surface area contributed by atoms with Gasteiger partial charge in [-0.25, -0.2) is 4.79 Å².